The van der Waals surface area contributed by atoms with E-state index in [1.807, 2.05) is 48.5 Å². The van der Waals surface area contributed by atoms with E-state index in [1.165, 1.54) is 4.70 Å². The lowest BCUT2D eigenvalue weighted by molar-refractivity contribution is -0.121. The third-order valence-corrected chi connectivity index (χ3v) is 4.33. The minimum absolute atomic E-state index is 0.0677. The van der Waals surface area contributed by atoms with Gasteiger partial charge in [0.05, 0.1) is 15.2 Å². The number of aromatic nitrogens is 1. The van der Waals surface area contributed by atoms with Gasteiger partial charge in [-0.05, 0) is 17.7 Å². The van der Waals surface area contributed by atoms with E-state index in [9.17, 15) is 4.79 Å². The number of benzene rings is 2. The minimum atomic E-state index is 0.0677. The molecule has 0 bridgehead atoms. The van der Waals surface area contributed by atoms with E-state index in [0.29, 0.717) is 19.4 Å². The molecule has 3 nitrogen and oxygen atoms in total. The Labute approximate surface area is 127 Å². The number of thiazole rings is 1. The zero-order chi connectivity index (χ0) is 14.5. The summed E-state index contributed by atoms with van der Waals surface area (Å²) in [6.07, 6.45) is 1.17. The first kappa shape index (κ1) is 13.8. The maximum absolute atomic E-state index is 11.9. The van der Waals surface area contributed by atoms with Crippen LogP contribution in [0.3, 0.4) is 0 Å². The van der Waals surface area contributed by atoms with E-state index < -0.39 is 0 Å². The maximum atomic E-state index is 11.9. The summed E-state index contributed by atoms with van der Waals surface area (Å²) in [5.41, 5.74) is 2.13. The zero-order valence-electron chi connectivity index (χ0n) is 11.6. The molecule has 1 amide bonds. The van der Waals surface area contributed by atoms with Crippen LogP contribution >= 0.6 is 11.3 Å². The number of nitrogens with zero attached hydrogens (tertiary/aromatic N) is 1. The summed E-state index contributed by atoms with van der Waals surface area (Å²) in [5, 5.41) is 3.96. The molecule has 1 N–H and O–H groups in total. The second kappa shape index (κ2) is 6.50. The zero-order valence-corrected chi connectivity index (χ0v) is 12.4. The summed E-state index contributed by atoms with van der Waals surface area (Å²) in [6.45, 7) is 0.583. The molecule has 21 heavy (non-hydrogen) atoms. The average molecular weight is 296 g/mol. The van der Waals surface area contributed by atoms with Gasteiger partial charge in [0, 0.05) is 19.4 Å². The van der Waals surface area contributed by atoms with E-state index in [-0.39, 0.29) is 5.91 Å². The predicted octanol–water partition coefficient (Wildman–Crippen LogP) is 3.55. The summed E-state index contributed by atoms with van der Waals surface area (Å²) in [6, 6.07) is 18.0. The Hall–Kier alpha value is -2.20. The van der Waals surface area contributed by atoms with Crippen LogP contribution in [0.4, 0.5) is 0 Å². The van der Waals surface area contributed by atoms with Crippen molar-refractivity contribution >= 4 is 27.5 Å². The van der Waals surface area contributed by atoms with Crippen LogP contribution in [0.1, 0.15) is 17.0 Å². The molecule has 0 saturated carbocycles. The van der Waals surface area contributed by atoms with Gasteiger partial charge in [0.25, 0.3) is 0 Å². The molecule has 3 aromatic rings. The van der Waals surface area contributed by atoms with E-state index in [4.69, 9.17) is 0 Å². The highest BCUT2D eigenvalue weighted by atomic mass is 32.1. The number of nitrogens with one attached hydrogen (secondary N) is 1. The first-order valence-electron chi connectivity index (χ1n) is 6.96. The van der Waals surface area contributed by atoms with Crippen LogP contribution in [0, 0.1) is 0 Å². The number of fused-ring (bicyclic) bond motifs is 1. The fraction of sp³-hybridized carbons (Fsp3) is 0.176. The lowest BCUT2D eigenvalue weighted by atomic mass is 10.2. The smallest absolute Gasteiger partial charge is 0.220 e. The number of hydrogen-bond donors (Lipinski definition) is 1. The topological polar surface area (TPSA) is 42.0 Å². The average Bonchev–Trinajstić information content (AvgIpc) is 2.95. The van der Waals surface area contributed by atoms with Gasteiger partial charge in [-0.25, -0.2) is 4.98 Å². The number of carbonyl (C=O) groups is 1. The van der Waals surface area contributed by atoms with Gasteiger partial charge < -0.3 is 5.32 Å². The molecule has 0 unspecified atom stereocenters. The van der Waals surface area contributed by atoms with E-state index in [0.717, 1.165) is 16.1 Å². The van der Waals surface area contributed by atoms with Crippen molar-refractivity contribution in [1.82, 2.24) is 10.3 Å². The molecule has 0 atom stereocenters. The van der Waals surface area contributed by atoms with Crippen molar-refractivity contribution in [3.05, 3.63) is 65.2 Å². The predicted molar refractivity (Wildman–Crippen MR) is 86.2 cm³/mol. The number of hydrogen-bond acceptors (Lipinski definition) is 3. The highest BCUT2D eigenvalue weighted by Gasteiger charge is 2.06. The van der Waals surface area contributed by atoms with Crippen LogP contribution in [0.25, 0.3) is 10.2 Å². The molecule has 106 valence electrons. The molecule has 0 aliphatic rings. The first-order valence-corrected chi connectivity index (χ1v) is 7.78. The van der Waals surface area contributed by atoms with Crippen LogP contribution in [0.5, 0.6) is 0 Å². The van der Waals surface area contributed by atoms with Crippen molar-refractivity contribution in [2.45, 2.75) is 19.4 Å². The van der Waals surface area contributed by atoms with Gasteiger partial charge in [0.2, 0.25) is 5.91 Å². The largest absolute Gasteiger partial charge is 0.352 e. The van der Waals surface area contributed by atoms with Gasteiger partial charge in [-0.2, -0.15) is 0 Å². The third kappa shape index (κ3) is 3.67. The number of carbonyl (C=O) groups excluding carboxylic acids is 1. The van der Waals surface area contributed by atoms with Gasteiger partial charge in [-0.3, -0.25) is 4.79 Å². The first-order chi connectivity index (χ1) is 10.3. The van der Waals surface area contributed by atoms with Gasteiger partial charge in [-0.15, -0.1) is 11.3 Å². The van der Waals surface area contributed by atoms with Crippen molar-refractivity contribution in [3.8, 4) is 0 Å². The van der Waals surface area contributed by atoms with Crippen molar-refractivity contribution in [1.29, 1.82) is 0 Å². The summed E-state index contributed by atoms with van der Waals surface area (Å²) in [5.74, 6) is 0.0677. The molecular formula is C17H16N2OS. The van der Waals surface area contributed by atoms with Crippen molar-refractivity contribution in [2.24, 2.45) is 0 Å². The van der Waals surface area contributed by atoms with Gasteiger partial charge >= 0.3 is 0 Å². The molecule has 0 saturated heterocycles. The van der Waals surface area contributed by atoms with Crippen LogP contribution < -0.4 is 5.32 Å². The highest BCUT2D eigenvalue weighted by molar-refractivity contribution is 7.18. The van der Waals surface area contributed by atoms with Gasteiger partial charge in [-0.1, -0.05) is 42.5 Å². The Morgan fingerprint density at radius 1 is 1.05 bits per heavy atom. The van der Waals surface area contributed by atoms with Crippen LogP contribution in [-0.4, -0.2) is 10.9 Å². The number of aryl methyl sites for hydroxylation is 1. The fourth-order valence-corrected chi connectivity index (χ4v) is 3.10. The monoisotopic (exact) mass is 296 g/mol. The van der Waals surface area contributed by atoms with Crippen LogP contribution in [-0.2, 0) is 17.8 Å². The van der Waals surface area contributed by atoms with E-state index in [1.54, 1.807) is 11.3 Å². The Balaban J connectivity index is 1.51. The van der Waals surface area contributed by atoms with Crippen molar-refractivity contribution in [3.63, 3.8) is 0 Å². The van der Waals surface area contributed by atoms with E-state index in [2.05, 4.69) is 16.4 Å². The summed E-state index contributed by atoms with van der Waals surface area (Å²) in [4.78, 5) is 16.4. The number of rotatable bonds is 5. The molecular weight excluding hydrogens is 280 g/mol. The van der Waals surface area contributed by atoms with Gasteiger partial charge in [0.15, 0.2) is 0 Å². The number of amides is 1. The number of para-hydroxylation sites is 1. The maximum Gasteiger partial charge on any atom is 0.220 e. The lowest BCUT2D eigenvalue weighted by Gasteiger charge is -2.04. The second-order valence-corrected chi connectivity index (χ2v) is 5.95. The Kier molecular flexibility index (Phi) is 4.26. The Morgan fingerprint density at radius 2 is 1.81 bits per heavy atom. The standard InChI is InChI=1S/C17H16N2OS/c20-16(18-12-13-6-2-1-3-7-13)10-11-17-19-14-8-4-5-9-15(14)21-17/h1-9H,10-12H2,(H,18,20). The highest BCUT2D eigenvalue weighted by Crippen LogP contribution is 2.22. The Morgan fingerprint density at radius 3 is 2.62 bits per heavy atom. The quantitative estimate of drug-likeness (QED) is 0.782. The second-order valence-electron chi connectivity index (χ2n) is 4.84. The molecule has 1 aromatic heterocycles. The summed E-state index contributed by atoms with van der Waals surface area (Å²) >= 11 is 1.66. The van der Waals surface area contributed by atoms with Crippen molar-refractivity contribution < 1.29 is 4.79 Å². The molecule has 0 spiro atoms. The van der Waals surface area contributed by atoms with E-state index >= 15 is 0 Å². The molecule has 1 heterocycles. The van der Waals surface area contributed by atoms with Crippen LogP contribution in [0.2, 0.25) is 0 Å². The molecule has 0 aliphatic carbocycles. The minimum Gasteiger partial charge on any atom is -0.352 e. The summed E-state index contributed by atoms with van der Waals surface area (Å²) < 4.78 is 1.18. The molecule has 0 radical (unpaired) electrons. The van der Waals surface area contributed by atoms with Gasteiger partial charge in [0.1, 0.15) is 0 Å². The summed E-state index contributed by atoms with van der Waals surface area (Å²) in [7, 11) is 0. The Bertz CT molecular complexity index is 704. The molecule has 0 fully saturated rings. The van der Waals surface area contributed by atoms with Crippen molar-refractivity contribution in [2.75, 3.05) is 0 Å². The molecule has 2 aromatic carbocycles. The SMILES string of the molecule is O=C(CCc1nc2ccccc2s1)NCc1ccccc1. The fourth-order valence-electron chi connectivity index (χ4n) is 2.13. The normalized spacial score (nSPS) is 10.7. The molecule has 0 aliphatic heterocycles. The molecule has 3 rings (SSSR count). The molecule has 4 heteroatoms. The third-order valence-electron chi connectivity index (χ3n) is 3.24. The lowest BCUT2D eigenvalue weighted by Crippen LogP contribution is -2.22. The van der Waals surface area contributed by atoms with Crippen LogP contribution in [0.15, 0.2) is 54.6 Å².